The molecule has 0 spiro atoms. The smallest absolute Gasteiger partial charge is 0.0764 e. The second-order valence-electron chi connectivity index (χ2n) is 2.36. The minimum atomic E-state index is 0.979. The number of rotatable bonds is 1. The molecule has 0 unspecified atom stereocenters. The van der Waals surface area contributed by atoms with Gasteiger partial charge in [-0.05, 0) is 24.9 Å². The lowest BCUT2D eigenvalue weighted by Crippen LogP contribution is -2.30. The summed E-state index contributed by atoms with van der Waals surface area (Å²) in [6, 6.07) is 3.85. The number of hydrogen-bond donors (Lipinski definition) is 3. The number of hydrogen-bond acceptors (Lipinski definition) is 5. The molecule has 1 aromatic heterocycles. The number of thiol groups is 1. The van der Waals surface area contributed by atoms with Gasteiger partial charge in [0.05, 0.1) is 11.9 Å². The number of nitrogens with zero attached hydrogens (tertiary/aromatic N) is 2. The molecule has 0 saturated carbocycles. The lowest BCUT2D eigenvalue weighted by Gasteiger charge is -2.03. The second-order valence-corrected chi connectivity index (χ2v) is 2.79. The van der Waals surface area contributed by atoms with Crippen LogP contribution in [-0.2, 0) is 0 Å². The number of hydrazine groups is 2. The van der Waals surface area contributed by atoms with Gasteiger partial charge in [0.1, 0.15) is 0 Å². The van der Waals surface area contributed by atoms with Crippen molar-refractivity contribution in [3.63, 3.8) is 0 Å². The van der Waals surface area contributed by atoms with Crippen molar-refractivity contribution >= 4 is 18.5 Å². The van der Waals surface area contributed by atoms with Crippen molar-refractivity contribution in [3.8, 4) is 0 Å². The molecule has 2 rings (SSSR count). The Labute approximate surface area is 75.8 Å². The van der Waals surface area contributed by atoms with E-state index in [1.807, 2.05) is 18.3 Å². The zero-order valence-electron chi connectivity index (χ0n) is 6.23. The summed E-state index contributed by atoms with van der Waals surface area (Å²) in [4.78, 5) is 3.93. The summed E-state index contributed by atoms with van der Waals surface area (Å²) in [6.07, 6.45) is 5.34. The average molecular weight is 180 g/mol. The van der Waals surface area contributed by atoms with E-state index in [0.717, 1.165) is 11.3 Å². The summed E-state index contributed by atoms with van der Waals surface area (Å²) in [5.41, 5.74) is 7.81. The average Bonchev–Trinajstić information content (AvgIpc) is 2.54. The lowest BCUT2D eigenvalue weighted by atomic mass is 10.2. The second kappa shape index (κ2) is 3.04. The molecule has 0 saturated heterocycles. The summed E-state index contributed by atoms with van der Waals surface area (Å²) in [7, 11) is 0. The predicted octanol–water partition coefficient (Wildman–Crippen LogP) is 0.550. The molecule has 1 aromatic rings. The van der Waals surface area contributed by atoms with E-state index in [-0.39, 0.29) is 0 Å². The van der Waals surface area contributed by atoms with Crippen LogP contribution < -0.4 is 11.0 Å². The zero-order valence-corrected chi connectivity index (χ0v) is 7.12. The summed E-state index contributed by atoms with van der Waals surface area (Å²) < 4.78 is 1.55. The maximum atomic E-state index is 4.07. The highest BCUT2D eigenvalue weighted by atomic mass is 32.1. The monoisotopic (exact) mass is 180 g/mol. The van der Waals surface area contributed by atoms with E-state index < -0.39 is 0 Å². The first-order chi connectivity index (χ1) is 5.86. The normalized spacial score (nSPS) is 15.8. The van der Waals surface area contributed by atoms with Crippen LogP contribution in [0.15, 0.2) is 30.7 Å². The van der Waals surface area contributed by atoms with Gasteiger partial charge >= 0.3 is 0 Å². The molecule has 0 fully saturated rings. The van der Waals surface area contributed by atoms with E-state index in [0.29, 0.717) is 0 Å². The van der Waals surface area contributed by atoms with Crippen LogP contribution in [-0.4, -0.2) is 9.40 Å². The first-order valence-corrected chi connectivity index (χ1v) is 3.88. The van der Waals surface area contributed by atoms with Gasteiger partial charge in [-0.2, -0.15) is 0 Å². The van der Waals surface area contributed by atoms with Gasteiger partial charge in [0.15, 0.2) is 0 Å². The van der Waals surface area contributed by atoms with Gasteiger partial charge in [-0.3, -0.25) is 4.98 Å². The molecule has 2 heterocycles. The van der Waals surface area contributed by atoms with Gasteiger partial charge in [-0.15, -0.1) is 5.53 Å². The third kappa shape index (κ3) is 1.37. The number of nitrogens with one attached hydrogen (secondary N) is 2. The molecular weight excluding hydrogens is 172 g/mol. The van der Waals surface area contributed by atoms with Crippen molar-refractivity contribution in [2.24, 2.45) is 0 Å². The Morgan fingerprint density at radius 1 is 1.33 bits per heavy atom. The lowest BCUT2D eigenvalue weighted by molar-refractivity contribution is 0.457. The van der Waals surface area contributed by atoms with Crippen LogP contribution in [0.3, 0.4) is 0 Å². The molecule has 0 amide bonds. The molecule has 1 aliphatic rings. The van der Waals surface area contributed by atoms with Crippen LogP contribution >= 0.6 is 12.8 Å². The molecule has 2 N–H and O–H groups in total. The molecule has 62 valence electrons. The Bertz CT molecular complexity index is 298. The number of aromatic nitrogens is 1. The molecule has 4 nitrogen and oxygen atoms in total. The fourth-order valence-electron chi connectivity index (χ4n) is 0.983. The fourth-order valence-corrected chi connectivity index (χ4v) is 1.15. The highest BCUT2D eigenvalue weighted by molar-refractivity contribution is 7.77. The standard InChI is InChI=1S/C7H8N4S/c12-11-5-7(9-10-11)6-1-3-8-4-2-6/h1-5,9-10,12H. The van der Waals surface area contributed by atoms with Gasteiger partial charge in [0, 0.05) is 18.0 Å². The van der Waals surface area contributed by atoms with Crippen molar-refractivity contribution < 1.29 is 0 Å². The predicted molar refractivity (Wildman–Crippen MR) is 49.3 cm³/mol. The Kier molecular flexibility index (Phi) is 1.89. The fraction of sp³-hybridized carbons (Fsp3) is 0. The van der Waals surface area contributed by atoms with Crippen LogP contribution in [0.1, 0.15) is 5.56 Å². The molecule has 1 aliphatic heterocycles. The van der Waals surface area contributed by atoms with E-state index in [1.165, 1.54) is 0 Å². The van der Waals surface area contributed by atoms with Gasteiger partial charge in [0.2, 0.25) is 0 Å². The quantitative estimate of drug-likeness (QED) is 0.552. The first kappa shape index (κ1) is 7.45. The Hall–Kier alpha value is -1.20. The largest absolute Gasteiger partial charge is 0.301 e. The molecule has 5 heteroatoms. The first-order valence-electron chi connectivity index (χ1n) is 3.48. The van der Waals surface area contributed by atoms with E-state index in [9.17, 15) is 0 Å². The van der Waals surface area contributed by atoms with Gasteiger partial charge in [0.25, 0.3) is 0 Å². The maximum Gasteiger partial charge on any atom is 0.0764 e. The third-order valence-corrected chi connectivity index (χ3v) is 1.76. The van der Waals surface area contributed by atoms with Gasteiger partial charge < -0.3 is 5.43 Å². The topological polar surface area (TPSA) is 40.2 Å². The van der Waals surface area contributed by atoms with E-state index in [2.05, 4.69) is 28.8 Å². The van der Waals surface area contributed by atoms with Crippen LogP contribution in [0.5, 0.6) is 0 Å². The molecule has 0 aromatic carbocycles. The molecule has 0 bridgehead atoms. The molecule has 12 heavy (non-hydrogen) atoms. The zero-order chi connectivity index (χ0) is 8.39. The minimum Gasteiger partial charge on any atom is -0.301 e. The van der Waals surface area contributed by atoms with Crippen molar-refractivity contribution in [1.82, 2.24) is 20.4 Å². The minimum absolute atomic E-state index is 0.979. The molecular formula is C7H8N4S. The Balaban J connectivity index is 2.27. The maximum absolute atomic E-state index is 4.07. The highest BCUT2D eigenvalue weighted by Gasteiger charge is 2.08. The number of pyridine rings is 1. The Morgan fingerprint density at radius 3 is 2.67 bits per heavy atom. The summed E-state index contributed by atoms with van der Waals surface area (Å²) in [5, 5.41) is 0. The van der Waals surface area contributed by atoms with Crippen LogP contribution in [0.4, 0.5) is 0 Å². The van der Waals surface area contributed by atoms with Crippen molar-refractivity contribution in [2.45, 2.75) is 0 Å². The van der Waals surface area contributed by atoms with E-state index in [1.54, 1.807) is 16.8 Å². The van der Waals surface area contributed by atoms with Gasteiger partial charge in [-0.1, -0.05) is 0 Å². The Morgan fingerprint density at radius 2 is 2.08 bits per heavy atom. The molecule has 0 atom stereocenters. The SMILES string of the molecule is SN1C=C(c2ccncc2)NN1. The summed E-state index contributed by atoms with van der Waals surface area (Å²) in [6.45, 7) is 0. The highest BCUT2D eigenvalue weighted by Crippen LogP contribution is 2.13. The van der Waals surface area contributed by atoms with Crippen LogP contribution in [0.25, 0.3) is 5.70 Å². The van der Waals surface area contributed by atoms with Crippen LogP contribution in [0.2, 0.25) is 0 Å². The van der Waals surface area contributed by atoms with Crippen molar-refractivity contribution in [2.75, 3.05) is 0 Å². The van der Waals surface area contributed by atoms with Crippen molar-refractivity contribution in [1.29, 1.82) is 0 Å². The van der Waals surface area contributed by atoms with E-state index in [4.69, 9.17) is 0 Å². The van der Waals surface area contributed by atoms with E-state index >= 15 is 0 Å². The van der Waals surface area contributed by atoms with Crippen molar-refractivity contribution in [3.05, 3.63) is 36.3 Å². The van der Waals surface area contributed by atoms with Crippen LogP contribution in [0, 0.1) is 0 Å². The summed E-state index contributed by atoms with van der Waals surface area (Å²) in [5.74, 6) is 0. The summed E-state index contributed by atoms with van der Waals surface area (Å²) >= 11 is 4.07. The van der Waals surface area contributed by atoms with Gasteiger partial charge in [-0.25, -0.2) is 4.41 Å². The third-order valence-electron chi connectivity index (χ3n) is 1.55. The molecule has 0 aliphatic carbocycles. The molecule has 0 radical (unpaired) electrons.